The van der Waals surface area contributed by atoms with E-state index < -0.39 is 0 Å². The van der Waals surface area contributed by atoms with Crippen LogP contribution in [0.1, 0.15) is 43.0 Å². The first kappa shape index (κ1) is 16.3. The van der Waals surface area contributed by atoms with Crippen molar-refractivity contribution in [1.29, 1.82) is 0 Å². The van der Waals surface area contributed by atoms with Gasteiger partial charge in [-0.1, -0.05) is 72.2 Å². The highest BCUT2D eigenvalue weighted by molar-refractivity contribution is 9.10. The fourth-order valence-corrected chi connectivity index (χ4v) is 3.08. The van der Waals surface area contributed by atoms with E-state index in [1.54, 1.807) is 0 Å². The number of hydrogen-bond donors (Lipinski definition) is 1. The van der Waals surface area contributed by atoms with Gasteiger partial charge in [0.2, 0.25) is 0 Å². The summed E-state index contributed by atoms with van der Waals surface area (Å²) in [6, 6.07) is 17.9. The Morgan fingerprint density at radius 2 is 1.62 bits per heavy atom. The van der Waals surface area contributed by atoms with E-state index in [1.165, 1.54) is 21.2 Å². The van der Waals surface area contributed by atoms with Gasteiger partial charge in [-0.25, -0.2) is 0 Å². The smallest absolute Gasteiger partial charge is 0.0372 e. The summed E-state index contributed by atoms with van der Waals surface area (Å²) in [5.41, 5.74) is 4.12. The van der Waals surface area contributed by atoms with Gasteiger partial charge in [-0.2, -0.15) is 0 Å². The van der Waals surface area contributed by atoms with Crippen LogP contribution in [0.3, 0.4) is 0 Å². The van der Waals surface area contributed by atoms with Gasteiger partial charge < -0.3 is 5.32 Å². The summed E-state index contributed by atoms with van der Waals surface area (Å²) >= 11 is 3.68. The molecule has 2 heteroatoms. The summed E-state index contributed by atoms with van der Waals surface area (Å²) in [4.78, 5) is 0. The van der Waals surface area contributed by atoms with Crippen molar-refractivity contribution in [3.63, 3.8) is 0 Å². The third-order valence-electron chi connectivity index (χ3n) is 3.79. The average Bonchev–Trinajstić information content (AvgIpc) is 2.53. The predicted molar refractivity (Wildman–Crippen MR) is 94.7 cm³/mol. The van der Waals surface area contributed by atoms with Crippen LogP contribution in [0.5, 0.6) is 0 Å². The zero-order valence-corrected chi connectivity index (χ0v) is 14.5. The fourth-order valence-electron chi connectivity index (χ4n) is 2.52. The Kier molecular flexibility index (Phi) is 6.47. The maximum absolute atomic E-state index is 3.68. The van der Waals surface area contributed by atoms with Crippen LogP contribution in [-0.2, 0) is 12.8 Å². The molecule has 0 bridgehead atoms. The fraction of sp³-hybridized carbons (Fsp3) is 0.368. The Bertz CT molecular complexity index is 548. The molecule has 0 fully saturated rings. The Morgan fingerprint density at radius 1 is 0.952 bits per heavy atom. The van der Waals surface area contributed by atoms with Crippen LogP contribution < -0.4 is 5.32 Å². The Hall–Kier alpha value is -1.12. The quantitative estimate of drug-likeness (QED) is 0.718. The summed E-state index contributed by atoms with van der Waals surface area (Å²) in [7, 11) is 0. The van der Waals surface area contributed by atoms with E-state index in [4.69, 9.17) is 0 Å². The minimum atomic E-state index is 0.355. The van der Waals surface area contributed by atoms with E-state index in [-0.39, 0.29) is 0 Å². The van der Waals surface area contributed by atoms with Crippen LogP contribution in [-0.4, -0.2) is 6.54 Å². The van der Waals surface area contributed by atoms with E-state index in [0.717, 1.165) is 25.8 Å². The number of nitrogens with one attached hydrogen (secondary N) is 1. The SMILES string of the molecule is CCCNC(Cc1ccc(CC)cc1)c1ccccc1Br. The highest BCUT2D eigenvalue weighted by atomic mass is 79.9. The molecule has 0 aliphatic carbocycles. The van der Waals surface area contributed by atoms with Crippen molar-refractivity contribution in [2.45, 2.75) is 39.2 Å². The van der Waals surface area contributed by atoms with E-state index in [0.29, 0.717) is 6.04 Å². The van der Waals surface area contributed by atoms with E-state index in [2.05, 4.69) is 83.6 Å². The third-order valence-corrected chi connectivity index (χ3v) is 4.51. The first-order valence-corrected chi connectivity index (χ1v) is 8.59. The summed E-state index contributed by atoms with van der Waals surface area (Å²) in [6.07, 6.45) is 3.27. The van der Waals surface area contributed by atoms with Crippen LogP contribution in [0.4, 0.5) is 0 Å². The number of rotatable bonds is 7. The molecule has 0 radical (unpaired) electrons. The van der Waals surface area contributed by atoms with Gasteiger partial charge in [0, 0.05) is 10.5 Å². The molecule has 112 valence electrons. The molecule has 1 atom stereocenters. The summed E-state index contributed by atoms with van der Waals surface area (Å²) in [5.74, 6) is 0. The molecule has 2 aromatic carbocycles. The van der Waals surface area contributed by atoms with Gasteiger partial charge in [0.1, 0.15) is 0 Å². The Balaban J connectivity index is 2.17. The molecular weight excluding hydrogens is 322 g/mol. The van der Waals surface area contributed by atoms with Crippen LogP contribution in [0.15, 0.2) is 53.0 Å². The number of benzene rings is 2. The van der Waals surface area contributed by atoms with Gasteiger partial charge in [-0.05, 0) is 48.6 Å². The molecular formula is C19H24BrN. The number of aryl methyl sites for hydroxylation is 1. The van der Waals surface area contributed by atoms with Crippen LogP contribution >= 0.6 is 15.9 Å². The van der Waals surface area contributed by atoms with Crippen molar-refractivity contribution < 1.29 is 0 Å². The molecule has 0 spiro atoms. The summed E-state index contributed by atoms with van der Waals surface area (Å²) in [6.45, 7) is 5.45. The Labute approximate surface area is 136 Å². The van der Waals surface area contributed by atoms with E-state index in [1.807, 2.05) is 0 Å². The van der Waals surface area contributed by atoms with Crippen LogP contribution in [0.25, 0.3) is 0 Å². The maximum atomic E-state index is 3.68. The minimum absolute atomic E-state index is 0.355. The molecule has 1 N–H and O–H groups in total. The maximum Gasteiger partial charge on any atom is 0.0372 e. The van der Waals surface area contributed by atoms with Crippen molar-refractivity contribution in [1.82, 2.24) is 5.32 Å². The van der Waals surface area contributed by atoms with Crippen LogP contribution in [0.2, 0.25) is 0 Å². The second-order valence-electron chi connectivity index (χ2n) is 5.40. The third kappa shape index (κ3) is 4.69. The molecule has 0 saturated heterocycles. The highest BCUT2D eigenvalue weighted by Crippen LogP contribution is 2.26. The van der Waals surface area contributed by atoms with Gasteiger partial charge in [0.15, 0.2) is 0 Å². The van der Waals surface area contributed by atoms with Crippen molar-refractivity contribution >= 4 is 15.9 Å². The van der Waals surface area contributed by atoms with Crippen molar-refractivity contribution in [2.24, 2.45) is 0 Å². The van der Waals surface area contributed by atoms with Crippen molar-refractivity contribution in [2.75, 3.05) is 6.54 Å². The van der Waals surface area contributed by atoms with E-state index in [9.17, 15) is 0 Å². The standard InChI is InChI=1S/C19H24BrN/c1-3-13-21-19(17-7-5-6-8-18(17)20)14-16-11-9-15(4-2)10-12-16/h5-12,19,21H,3-4,13-14H2,1-2H3. The van der Waals surface area contributed by atoms with Gasteiger partial charge in [-0.3, -0.25) is 0 Å². The lowest BCUT2D eigenvalue weighted by molar-refractivity contribution is 0.527. The first-order valence-electron chi connectivity index (χ1n) is 7.80. The monoisotopic (exact) mass is 345 g/mol. The molecule has 0 aliphatic rings. The highest BCUT2D eigenvalue weighted by Gasteiger charge is 2.14. The first-order chi connectivity index (χ1) is 10.2. The number of hydrogen-bond acceptors (Lipinski definition) is 1. The molecule has 0 aliphatic heterocycles. The summed E-state index contributed by atoms with van der Waals surface area (Å²) in [5, 5.41) is 3.67. The average molecular weight is 346 g/mol. The predicted octanol–water partition coefficient (Wildman–Crippen LogP) is 5.29. The second kappa shape index (κ2) is 8.35. The zero-order valence-electron chi connectivity index (χ0n) is 12.9. The second-order valence-corrected chi connectivity index (χ2v) is 6.26. The van der Waals surface area contributed by atoms with Crippen molar-refractivity contribution in [3.8, 4) is 0 Å². The van der Waals surface area contributed by atoms with Gasteiger partial charge in [-0.15, -0.1) is 0 Å². The molecule has 2 rings (SSSR count). The topological polar surface area (TPSA) is 12.0 Å². The van der Waals surface area contributed by atoms with Crippen LogP contribution in [0, 0.1) is 0 Å². The molecule has 0 heterocycles. The molecule has 0 aromatic heterocycles. The normalized spacial score (nSPS) is 12.3. The van der Waals surface area contributed by atoms with E-state index >= 15 is 0 Å². The minimum Gasteiger partial charge on any atom is -0.310 e. The van der Waals surface area contributed by atoms with Gasteiger partial charge in [0.05, 0.1) is 0 Å². The molecule has 1 nitrogen and oxygen atoms in total. The molecule has 21 heavy (non-hydrogen) atoms. The molecule has 0 amide bonds. The lowest BCUT2D eigenvalue weighted by Gasteiger charge is -2.20. The zero-order chi connectivity index (χ0) is 15.1. The lowest BCUT2D eigenvalue weighted by atomic mass is 9.97. The van der Waals surface area contributed by atoms with Crippen molar-refractivity contribution in [3.05, 3.63) is 69.7 Å². The van der Waals surface area contributed by atoms with Gasteiger partial charge in [0.25, 0.3) is 0 Å². The lowest BCUT2D eigenvalue weighted by Crippen LogP contribution is -2.24. The number of halogens is 1. The summed E-state index contributed by atoms with van der Waals surface area (Å²) < 4.78 is 1.18. The molecule has 0 saturated carbocycles. The largest absolute Gasteiger partial charge is 0.310 e. The molecule has 2 aromatic rings. The van der Waals surface area contributed by atoms with Gasteiger partial charge >= 0.3 is 0 Å². The molecule has 1 unspecified atom stereocenters. The Morgan fingerprint density at radius 3 is 2.24 bits per heavy atom.